The molecule has 1 fully saturated rings. The molecule has 0 spiro atoms. The van der Waals surface area contributed by atoms with Gasteiger partial charge in [-0.2, -0.15) is 0 Å². The molecule has 0 aromatic carbocycles. The fraction of sp³-hybridized carbons (Fsp3) is 0.444. The Labute approximate surface area is 139 Å². The molecule has 1 aliphatic rings. The van der Waals surface area contributed by atoms with Gasteiger partial charge in [0.2, 0.25) is 0 Å². The third kappa shape index (κ3) is 2.71. The normalized spacial score (nSPS) is 19.7. The first kappa shape index (κ1) is 12.1. The van der Waals surface area contributed by atoms with Gasteiger partial charge in [-0.1, -0.05) is 5.92 Å². The van der Waals surface area contributed by atoms with Gasteiger partial charge in [-0.25, -0.2) is 0 Å². The number of aromatic nitrogens is 2. The lowest BCUT2D eigenvalue weighted by atomic mass is 9.92. The second-order valence-corrected chi connectivity index (χ2v) is 6.23. The predicted octanol–water partition coefficient (Wildman–Crippen LogP) is 2.22. The summed E-state index contributed by atoms with van der Waals surface area (Å²) < 4.78 is 27.3. The van der Waals surface area contributed by atoms with Gasteiger partial charge in [-0.3, -0.25) is 9.78 Å². The van der Waals surface area contributed by atoms with Crippen molar-refractivity contribution in [3.63, 3.8) is 0 Å². The van der Waals surface area contributed by atoms with Crippen molar-refractivity contribution in [1.29, 1.82) is 0 Å². The number of aryl methyl sites for hydroxylation is 1. The first-order chi connectivity index (χ1) is 12.1. The van der Waals surface area contributed by atoms with Gasteiger partial charge in [0.15, 0.2) is 0 Å². The lowest BCUT2D eigenvalue weighted by Crippen LogP contribution is -2.44. The Morgan fingerprint density at radius 1 is 1.52 bits per heavy atom. The molecule has 1 N–H and O–H groups in total. The van der Waals surface area contributed by atoms with Gasteiger partial charge in [0.05, 0.1) is 27.1 Å². The molecule has 3 heterocycles. The number of hydrogen-bond acceptors (Lipinski definition) is 4. The van der Waals surface area contributed by atoms with Crippen molar-refractivity contribution < 1.29 is 8.85 Å². The number of rotatable bonds is 2. The first-order valence-corrected chi connectivity index (χ1v) is 7.56. The first-order valence-electron chi connectivity index (χ1n) is 9.06. The van der Waals surface area contributed by atoms with E-state index >= 15 is 0 Å². The summed E-state index contributed by atoms with van der Waals surface area (Å²) in [5, 5.41) is 0.838. The monoisotopic (exact) mass is 314 g/mol. The van der Waals surface area contributed by atoms with Gasteiger partial charge in [0.1, 0.15) is 5.56 Å². The Morgan fingerprint density at radius 3 is 2.91 bits per heavy atom. The van der Waals surface area contributed by atoms with Crippen LogP contribution in [0.5, 0.6) is 0 Å². The third-order valence-electron chi connectivity index (χ3n) is 4.54. The highest BCUT2D eigenvalue weighted by atomic mass is 16.5. The molecule has 0 saturated carbocycles. The topological polar surface area (TPSA) is 58.2 Å². The molecule has 2 aromatic rings. The van der Waals surface area contributed by atoms with E-state index in [1.807, 2.05) is 24.8 Å². The molecule has 5 nitrogen and oxygen atoms in total. The van der Waals surface area contributed by atoms with Crippen LogP contribution in [0.2, 0.25) is 0 Å². The van der Waals surface area contributed by atoms with E-state index in [4.69, 9.17) is 15.3 Å². The summed E-state index contributed by atoms with van der Waals surface area (Å²) in [7, 11) is -2.43. The Bertz CT molecular complexity index is 936. The molecule has 0 amide bonds. The maximum absolute atomic E-state index is 12.4. The zero-order valence-electron chi connectivity index (χ0n) is 16.3. The molecule has 1 saturated heterocycles. The van der Waals surface area contributed by atoms with Gasteiger partial charge in [0.25, 0.3) is 5.56 Å². The van der Waals surface area contributed by atoms with Crippen LogP contribution in [-0.2, 0) is 4.74 Å². The highest BCUT2D eigenvalue weighted by molar-refractivity contribution is 5.94. The number of hydrogen-bond donors (Lipinski definition) is 1. The summed E-state index contributed by atoms with van der Waals surface area (Å²) in [6.07, 6.45) is 8.28. The summed E-state index contributed by atoms with van der Waals surface area (Å²) in [6, 6.07) is 1.90. The zero-order chi connectivity index (χ0) is 19.1. The quantitative estimate of drug-likeness (QED) is 0.864. The van der Waals surface area contributed by atoms with E-state index in [-0.39, 0.29) is 11.1 Å². The molecule has 0 bridgehead atoms. The minimum atomic E-state index is -2.43. The smallest absolute Gasteiger partial charge is 0.266 e. The fourth-order valence-corrected chi connectivity index (χ4v) is 3.05. The number of H-pyrrole nitrogens is 1. The molecular formula is C18H21N3O2. The third-order valence-corrected chi connectivity index (χ3v) is 4.54. The van der Waals surface area contributed by atoms with E-state index in [0.29, 0.717) is 37.1 Å². The number of anilines is 1. The fourth-order valence-electron chi connectivity index (χ4n) is 3.05. The van der Waals surface area contributed by atoms with E-state index in [0.717, 1.165) is 11.1 Å². The highest BCUT2D eigenvalue weighted by Crippen LogP contribution is 2.33. The lowest BCUT2D eigenvalue weighted by Gasteiger charge is -2.40. The Morgan fingerprint density at radius 2 is 2.26 bits per heavy atom. The number of nitrogens with zero attached hydrogens (tertiary/aromatic N) is 2. The molecule has 5 heteroatoms. The van der Waals surface area contributed by atoms with Crippen molar-refractivity contribution in [1.82, 2.24) is 9.97 Å². The van der Waals surface area contributed by atoms with Crippen molar-refractivity contribution >= 4 is 16.6 Å². The summed E-state index contributed by atoms with van der Waals surface area (Å²) in [5.41, 5.74) is 1.37. The molecule has 3 rings (SSSR count). The lowest BCUT2D eigenvalue weighted by molar-refractivity contribution is -0.0132. The molecule has 0 atom stereocenters. The van der Waals surface area contributed by atoms with E-state index in [1.165, 1.54) is 0 Å². The van der Waals surface area contributed by atoms with Crippen LogP contribution in [0.25, 0.3) is 10.9 Å². The maximum atomic E-state index is 12.4. The Kier molecular flexibility index (Phi) is 3.02. The summed E-state index contributed by atoms with van der Waals surface area (Å²) in [4.78, 5) is 21.4. The SMILES string of the molecule is [2H]C([2H])([2H])OC1(C)CCN(c2c(C#C)c(=O)[nH]c3cnc(C)cc23)CC1. The minimum Gasteiger partial charge on any atom is -0.378 e. The second-order valence-electron chi connectivity index (χ2n) is 6.23. The maximum Gasteiger partial charge on any atom is 0.266 e. The van der Waals surface area contributed by atoms with E-state index in [1.54, 1.807) is 6.20 Å². The van der Waals surface area contributed by atoms with Crippen LogP contribution in [0.3, 0.4) is 0 Å². The number of pyridine rings is 2. The number of ether oxygens (including phenoxy) is 1. The summed E-state index contributed by atoms with van der Waals surface area (Å²) in [6.45, 7) is 4.77. The van der Waals surface area contributed by atoms with Crippen LogP contribution < -0.4 is 10.5 Å². The van der Waals surface area contributed by atoms with Crippen LogP contribution >= 0.6 is 0 Å². The predicted molar refractivity (Wildman–Crippen MR) is 91.9 cm³/mol. The molecule has 0 aliphatic carbocycles. The largest absolute Gasteiger partial charge is 0.378 e. The summed E-state index contributed by atoms with van der Waals surface area (Å²) in [5.74, 6) is 2.50. The van der Waals surface area contributed by atoms with E-state index < -0.39 is 12.6 Å². The van der Waals surface area contributed by atoms with Crippen LogP contribution in [-0.4, -0.2) is 35.7 Å². The van der Waals surface area contributed by atoms with E-state index in [2.05, 4.69) is 15.9 Å². The van der Waals surface area contributed by atoms with E-state index in [9.17, 15) is 4.79 Å². The number of piperidine rings is 1. The molecule has 120 valence electrons. The average molecular weight is 314 g/mol. The van der Waals surface area contributed by atoms with Crippen molar-refractivity contribution in [3.05, 3.63) is 33.9 Å². The van der Waals surface area contributed by atoms with Crippen molar-refractivity contribution in [2.75, 3.05) is 25.0 Å². The minimum absolute atomic E-state index is 0.281. The standard InChI is InChI=1S/C18H21N3O2/c1-5-13-16(21-8-6-18(3,23-4)7-9-21)14-10-12(2)19-11-15(14)20-17(13)22/h1,10-11H,6-9H2,2-4H3,(H,20,22)/i4D3. The molecule has 2 aromatic heterocycles. The Hall–Kier alpha value is -2.32. The van der Waals surface area contributed by atoms with Gasteiger partial charge in [-0.05, 0) is 32.8 Å². The average Bonchev–Trinajstić information content (AvgIpc) is 2.53. The summed E-state index contributed by atoms with van der Waals surface area (Å²) >= 11 is 0. The number of terminal acetylenes is 1. The number of nitrogens with one attached hydrogen (secondary N) is 1. The van der Waals surface area contributed by atoms with Gasteiger partial charge >= 0.3 is 0 Å². The molecule has 1 aliphatic heterocycles. The molecule has 0 radical (unpaired) electrons. The van der Waals surface area contributed by atoms with Gasteiger partial charge < -0.3 is 14.6 Å². The number of methoxy groups -OCH3 is 1. The van der Waals surface area contributed by atoms with Gasteiger partial charge in [0, 0.05) is 31.2 Å². The van der Waals surface area contributed by atoms with Gasteiger partial charge in [-0.15, -0.1) is 6.42 Å². The van der Waals surface area contributed by atoms with Crippen LogP contribution in [0.15, 0.2) is 17.1 Å². The Balaban J connectivity index is 2.00. The van der Waals surface area contributed by atoms with Crippen molar-refractivity contribution in [2.24, 2.45) is 0 Å². The van der Waals surface area contributed by atoms with Crippen molar-refractivity contribution in [2.45, 2.75) is 32.3 Å². The zero-order valence-corrected chi connectivity index (χ0v) is 13.3. The highest BCUT2D eigenvalue weighted by Gasteiger charge is 2.31. The van der Waals surface area contributed by atoms with Crippen LogP contribution in [0.1, 0.15) is 35.1 Å². The van der Waals surface area contributed by atoms with Crippen LogP contribution in [0, 0.1) is 19.3 Å². The molecule has 0 unspecified atom stereocenters. The molecular weight excluding hydrogens is 290 g/mol. The second kappa shape index (κ2) is 5.71. The number of fused-ring (bicyclic) bond motifs is 1. The molecule has 23 heavy (non-hydrogen) atoms. The number of aromatic amines is 1. The van der Waals surface area contributed by atoms with Crippen LogP contribution in [0.4, 0.5) is 5.69 Å². The van der Waals surface area contributed by atoms with Crippen molar-refractivity contribution in [3.8, 4) is 12.3 Å².